The molecule has 0 radical (unpaired) electrons. The SMILES string of the molecule is CCOC(=O)C1=C(C)N=c2s/c(=C\c3ccc(Cl)cc3)c(=O)n2[C@H]1c1ccc(-c2cc([N+](=O)[O-])ccc2Cl)o1. The summed E-state index contributed by atoms with van der Waals surface area (Å²) in [4.78, 5) is 42.5. The second-order valence-corrected chi connectivity index (χ2v) is 10.3. The maximum atomic E-state index is 13.7. The number of ether oxygens (including phenoxy) is 1. The van der Waals surface area contributed by atoms with Crippen molar-refractivity contribution in [2.75, 3.05) is 6.61 Å². The molecular formula is C27H19Cl2N3O6S. The number of benzene rings is 2. The molecule has 0 fully saturated rings. The van der Waals surface area contributed by atoms with E-state index in [1.54, 1.807) is 56.3 Å². The summed E-state index contributed by atoms with van der Waals surface area (Å²) in [6.07, 6.45) is 1.72. The molecule has 0 aliphatic carbocycles. The van der Waals surface area contributed by atoms with Crippen LogP contribution >= 0.6 is 34.5 Å². The molecule has 0 amide bonds. The first kappa shape index (κ1) is 26.6. The number of nitro benzene ring substituents is 1. The zero-order chi connectivity index (χ0) is 27.8. The van der Waals surface area contributed by atoms with Gasteiger partial charge in [0, 0.05) is 22.7 Å². The van der Waals surface area contributed by atoms with Crippen LogP contribution in [-0.4, -0.2) is 22.1 Å². The Morgan fingerprint density at radius 3 is 2.64 bits per heavy atom. The number of fused-ring (bicyclic) bond motifs is 1. The van der Waals surface area contributed by atoms with Gasteiger partial charge in [-0.15, -0.1) is 0 Å². The molecule has 0 unspecified atom stereocenters. The minimum atomic E-state index is -0.987. The van der Waals surface area contributed by atoms with E-state index in [0.29, 0.717) is 25.6 Å². The number of hydrogen-bond acceptors (Lipinski definition) is 8. The Bertz CT molecular complexity index is 1840. The first-order valence-corrected chi connectivity index (χ1v) is 13.2. The fourth-order valence-corrected chi connectivity index (χ4v) is 5.61. The van der Waals surface area contributed by atoms with E-state index in [1.165, 1.54) is 34.1 Å². The summed E-state index contributed by atoms with van der Waals surface area (Å²) in [5.41, 5.74) is 1.05. The first-order valence-electron chi connectivity index (χ1n) is 11.7. The number of nitrogens with zero attached hydrogens (tertiary/aromatic N) is 3. The summed E-state index contributed by atoms with van der Waals surface area (Å²) in [7, 11) is 0. The summed E-state index contributed by atoms with van der Waals surface area (Å²) in [5.74, 6) is -0.161. The van der Waals surface area contributed by atoms with Crippen LogP contribution in [0.2, 0.25) is 10.0 Å². The van der Waals surface area contributed by atoms with Crippen LogP contribution in [0.1, 0.15) is 31.2 Å². The monoisotopic (exact) mass is 583 g/mol. The molecule has 2 aromatic carbocycles. The molecule has 12 heteroatoms. The minimum absolute atomic E-state index is 0.121. The van der Waals surface area contributed by atoms with Crippen molar-refractivity contribution in [2.24, 2.45) is 4.99 Å². The summed E-state index contributed by atoms with van der Waals surface area (Å²) >= 11 is 13.5. The number of esters is 1. The van der Waals surface area contributed by atoms with Gasteiger partial charge in [0.2, 0.25) is 0 Å². The van der Waals surface area contributed by atoms with E-state index in [-0.39, 0.29) is 40.0 Å². The van der Waals surface area contributed by atoms with Crippen LogP contribution in [-0.2, 0) is 9.53 Å². The van der Waals surface area contributed by atoms with Crippen molar-refractivity contribution in [3.05, 3.63) is 117 Å². The number of carbonyl (C=O) groups excluding carboxylic acids is 1. The van der Waals surface area contributed by atoms with E-state index in [1.807, 2.05) is 0 Å². The average Bonchev–Trinajstić information content (AvgIpc) is 3.50. The molecule has 198 valence electrons. The highest BCUT2D eigenvalue weighted by atomic mass is 35.5. The maximum absolute atomic E-state index is 13.7. The Labute approximate surface area is 235 Å². The second-order valence-electron chi connectivity index (χ2n) is 8.48. The smallest absolute Gasteiger partial charge is 0.338 e. The number of rotatable bonds is 6. The van der Waals surface area contributed by atoms with Gasteiger partial charge in [-0.2, -0.15) is 0 Å². The lowest BCUT2D eigenvalue weighted by molar-refractivity contribution is -0.384. The van der Waals surface area contributed by atoms with Gasteiger partial charge in [0.05, 0.1) is 32.4 Å². The van der Waals surface area contributed by atoms with E-state index in [0.717, 1.165) is 5.56 Å². The lowest BCUT2D eigenvalue weighted by Crippen LogP contribution is -2.39. The van der Waals surface area contributed by atoms with Crippen molar-refractivity contribution in [3.8, 4) is 11.3 Å². The molecule has 0 spiro atoms. The molecule has 2 aromatic heterocycles. The minimum Gasteiger partial charge on any atom is -0.463 e. The Morgan fingerprint density at radius 2 is 1.95 bits per heavy atom. The predicted octanol–water partition coefficient (Wildman–Crippen LogP) is 5.27. The Kier molecular flexibility index (Phi) is 7.26. The van der Waals surface area contributed by atoms with Crippen LogP contribution in [0.15, 0.2) is 80.1 Å². The van der Waals surface area contributed by atoms with Crippen LogP contribution in [0.5, 0.6) is 0 Å². The highest BCUT2D eigenvalue weighted by molar-refractivity contribution is 7.07. The largest absolute Gasteiger partial charge is 0.463 e. The van der Waals surface area contributed by atoms with Crippen molar-refractivity contribution in [1.82, 2.24) is 4.57 Å². The van der Waals surface area contributed by atoms with Gasteiger partial charge >= 0.3 is 5.97 Å². The molecule has 1 aliphatic heterocycles. The number of nitro groups is 1. The van der Waals surface area contributed by atoms with Gasteiger partial charge in [-0.3, -0.25) is 19.5 Å². The van der Waals surface area contributed by atoms with Gasteiger partial charge in [-0.05, 0) is 55.8 Å². The second kappa shape index (κ2) is 10.6. The number of non-ortho nitro benzene ring substituents is 1. The maximum Gasteiger partial charge on any atom is 0.338 e. The molecule has 4 aromatic rings. The highest BCUT2D eigenvalue weighted by Crippen LogP contribution is 2.37. The van der Waals surface area contributed by atoms with E-state index < -0.39 is 16.9 Å². The normalized spacial score (nSPS) is 15.2. The molecule has 1 aliphatic rings. The number of halogens is 2. The Morgan fingerprint density at radius 1 is 1.21 bits per heavy atom. The molecule has 0 saturated carbocycles. The average molecular weight is 584 g/mol. The van der Waals surface area contributed by atoms with E-state index in [4.69, 9.17) is 32.4 Å². The molecule has 0 bridgehead atoms. The number of hydrogen-bond donors (Lipinski definition) is 0. The lowest BCUT2D eigenvalue weighted by Gasteiger charge is -2.22. The molecule has 0 N–H and O–H groups in total. The molecule has 0 saturated heterocycles. The van der Waals surface area contributed by atoms with Crippen molar-refractivity contribution in [2.45, 2.75) is 19.9 Å². The van der Waals surface area contributed by atoms with Crippen LogP contribution in [0, 0.1) is 10.1 Å². The molecule has 1 atom stereocenters. The fraction of sp³-hybridized carbons (Fsp3) is 0.148. The number of aromatic nitrogens is 1. The Hall–Kier alpha value is -3.99. The van der Waals surface area contributed by atoms with Gasteiger partial charge in [0.1, 0.15) is 17.6 Å². The summed E-state index contributed by atoms with van der Waals surface area (Å²) < 4.78 is 13.2. The summed E-state index contributed by atoms with van der Waals surface area (Å²) in [6.45, 7) is 3.46. The number of thiazole rings is 1. The van der Waals surface area contributed by atoms with E-state index in [9.17, 15) is 19.7 Å². The van der Waals surface area contributed by atoms with Crippen LogP contribution in [0.25, 0.3) is 17.4 Å². The molecule has 39 heavy (non-hydrogen) atoms. The number of furan rings is 1. The van der Waals surface area contributed by atoms with E-state index in [2.05, 4.69) is 4.99 Å². The third-order valence-electron chi connectivity index (χ3n) is 6.01. The summed E-state index contributed by atoms with van der Waals surface area (Å²) in [6, 6.07) is 13.2. The predicted molar refractivity (Wildman–Crippen MR) is 148 cm³/mol. The quantitative estimate of drug-likeness (QED) is 0.173. The van der Waals surface area contributed by atoms with Gasteiger partial charge in [0.25, 0.3) is 11.2 Å². The third-order valence-corrected chi connectivity index (χ3v) is 7.57. The zero-order valence-corrected chi connectivity index (χ0v) is 22.8. The summed E-state index contributed by atoms with van der Waals surface area (Å²) in [5, 5.41) is 12.1. The fourth-order valence-electron chi connectivity index (χ4n) is 4.23. The van der Waals surface area contributed by atoms with Crippen molar-refractivity contribution in [1.29, 1.82) is 0 Å². The van der Waals surface area contributed by atoms with Gasteiger partial charge in [-0.25, -0.2) is 9.79 Å². The van der Waals surface area contributed by atoms with Crippen molar-refractivity contribution >= 4 is 52.3 Å². The molecular weight excluding hydrogens is 565 g/mol. The van der Waals surface area contributed by atoms with Gasteiger partial charge in [-0.1, -0.05) is 46.7 Å². The Balaban J connectivity index is 1.69. The standard InChI is InChI=1S/C27H19Cl2N3O6S/c1-3-37-26(34)23-14(2)30-27-31(25(33)22(39-27)12-15-4-6-16(28)7-5-15)24(23)21-11-10-20(38-21)18-13-17(32(35)36)8-9-19(18)29/h4-13,24H,3H2,1-2H3/b22-12-/t24-/m0/s1. The van der Waals surface area contributed by atoms with Crippen LogP contribution in [0.4, 0.5) is 5.69 Å². The van der Waals surface area contributed by atoms with Gasteiger partial charge in [0.15, 0.2) is 4.80 Å². The number of allylic oxidation sites excluding steroid dienone is 1. The lowest BCUT2D eigenvalue weighted by atomic mass is 10.0. The van der Waals surface area contributed by atoms with E-state index >= 15 is 0 Å². The van der Waals surface area contributed by atoms with Crippen LogP contribution < -0.4 is 14.9 Å². The molecule has 9 nitrogen and oxygen atoms in total. The molecule has 3 heterocycles. The van der Waals surface area contributed by atoms with Crippen LogP contribution in [0.3, 0.4) is 0 Å². The topological polar surface area (TPSA) is 117 Å². The van der Waals surface area contributed by atoms with Gasteiger partial charge < -0.3 is 9.15 Å². The highest BCUT2D eigenvalue weighted by Gasteiger charge is 2.35. The zero-order valence-electron chi connectivity index (χ0n) is 20.5. The van der Waals surface area contributed by atoms with Crippen molar-refractivity contribution < 1.29 is 18.9 Å². The molecule has 5 rings (SSSR count). The number of carbonyl (C=O) groups is 1. The van der Waals surface area contributed by atoms with Crippen molar-refractivity contribution in [3.63, 3.8) is 0 Å². The third kappa shape index (κ3) is 5.06. The first-order chi connectivity index (χ1) is 18.7.